The number of rotatable bonds is 9. The van der Waals surface area contributed by atoms with E-state index >= 15 is 4.39 Å². The molecule has 3 aromatic heterocycles. The SMILES string of the molecule is CCn1cc(C(=O)O)c(=O)c2cc(F)c(N3CCN(C/C(=N/OCc4ccccc4)c4cccs4)CC3)nc21. The van der Waals surface area contributed by atoms with Gasteiger partial charge in [-0.25, -0.2) is 14.2 Å². The molecule has 0 aliphatic carbocycles. The summed E-state index contributed by atoms with van der Waals surface area (Å²) in [4.78, 5) is 39.4. The van der Waals surface area contributed by atoms with Crippen molar-refractivity contribution >= 4 is 39.9 Å². The molecule has 11 heteroatoms. The second-order valence-electron chi connectivity index (χ2n) is 9.17. The minimum absolute atomic E-state index is 0.0380. The van der Waals surface area contributed by atoms with Crippen LogP contribution < -0.4 is 10.3 Å². The fourth-order valence-electron chi connectivity index (χ4n) is 4.57. The molecule has 1 fully saturated rings. The van der Waals surface area contributed by atoms with Crippen LogP contribution in [0.5, 0.6) is 0 Å². The number of thiophene rings is 1. The van der Waals surface area contributed by atoms with Gasteiger partial charge in [-0.05, 0) is 30.0 Å². The Kier molecular flexibility index (Phi) is 7.99. The van der Waals surface area contributed by atoms with Gasteiger partial charge in [-0.1, -0.05) is 41.6 Å². The molecule has 1 aliphatic heterocycles. The Morgan fingerprint density at radius 1 is 1.15 bits per heavy atom. The Bertz CT molecular complexity index is 1550. The third-order valence-corrected chi connectivity index (χ3v) is 7.57. The molecule has 1 aliphatic rings. The zero-order valence-corrected chi connectivity index (χ0v) is 22.2. The molecule has 4 heterocycles. The third kappa shape index (κ3) is 5.84. The average molecular weight is 550 g/mol. The van der Waals surface area contributed by atoms with Crippen molar-refractivity contribution in [3.63, 3.8) is 0 Å². The summed E-state index contributed by atoms with van der Waals surface area (Å²) in [5, 5.41) is 15.8. The molecule has 4 aromatic rings. The fraction of sp³-hybridized carbons (Fsp3) is 0.286. The number of aromatic nitrogens is 2. The van der Waals surface area contributed by atoms with E-state index in [0.717, 1.165) is 22.2 Å². The van der Waals surface area contributed by atoms with Crippen molar-refractivity contribution in [3.05, 3.63) is 92.2 Å². The van der Waals surface area contributed by atoms with Crippen LogP contribution in [0.2, 0.25) is 0 Å². The number of benzene rings is 1. The first kappa shape index (κ1) is 26.5. The highest BCUT2D eigenvalue weighted by atomic mass is 32.1. The Morgan fingerprint density at radius 2 is 1.92 bits per heavy atom. The van der Waals surface area contributed by atoms with Gasteiger partial charge >= 0.3 is 5.97 Å². The lowest BCUT2D eigenvalue weighted by atomic mass is 10.1. The van der Waals surface area contributed by atoms with Crippen LogP contribution in [0.3, 0.4) is 0 Å². The van der Waals surface area contributed by atoms with E-state index in [1.807, 2.05) is 59.7 Å². The van der Waals surface area contributed by atoms with E-state index in [0.29, 0.717) is 45.9 Å². The van der Waals surface area contributed by atoms with Crippen LogP contribution in [0.4, 0.5) is 10.2 Å². The van der Waals surface area contributed by atoms with Gasteiger partial charge in [0.25, 0.3) is 0 Å². The minimum Gasteiger partial charge on any atom is -0.477 e. The predicted molar refractivity (Wildman–Crippen MR) is 149 cm³/mol. The van der Waals surface area contributed by atoms with E-state index in [2.05, 4.69) is 15.0 Å². The van der Waals surface area contributed by atoms with Crippen molar-refractivity contribution < 1.29 is 19.1 Å². The van der Waals surface area contributed by atoms with Crippen molar-refractivity contribution in [2.45, 2.75) is 20.1 Å². The first-order valence-corrected chi connectivity index (χ1v) is 13.5. The predicted octanol–water partition coefficient (Wildman–Crippen LogP) is 4.06. The molecule has 1 saturated heterocycles. The molecule has 0 atom stereocenters. The molecule has 0 amide bonds. The summed E-state index contributed by atoms with van der Waals surface area (Å²) in [7, 11) is 0. The van der Waals surface area contributed by atoms with Crippen molar-refractivity contribution in [1.29, 1.82) is 0 Å². The topological polar surface area (TPSA) is 100 Å². The Balaban J connectivity index is 1.30. The molecule has 0 saturated carbocycles. The zero-order valence-electron chi connectivity index (χ0n) is 21.4. The maximum absolute atomic E-state index is 15.2. The van der Waals surface area contributed by atoms with Gasteiger partial charge in [0, 0.05) is 45.5 Å². The third-order valence-electron chi connectivity index (χ3n) is 6.65. The number of aromatic carboxylic acids is 1. The number of aryl methyl sites for hydroxylation is 1. The summed E-state index contributed by atoms with van der Waals surface area (Å²) in [6, 6.07) is 15.0. The highest BCUT2D eigenvalue weighted by Crippen LogP contribution is 2.23. The van der Waals surface area contributed by atoms with E-state index in [4.69, 9.17) is 4.84 Å². The summed E-state index contributed by atoms with van der Waals surface area (Å²) in [6.07, 6.45) is 1.27. The summed E-state index contributed by atoms with van der Waals surface area (Å²) in [6.45, 7) is 5.54. The Labute approximate surface area is 228 Å². The molecule has 202 valence electrons. The smallest absolute Gasteiger partial charge is 0.341 e. The van der Waals surface area contributed by atoms with Gasteiger partial charge in [0.05, 0.1) is 10.3 Å². The highest BCUT2D eigenvalue weighted by Gasteiger charge is 2.25. The lowest BCUT2D eigenvalue weighted by Crippen LogP contribution is -2.48. The van der Waals surface area contributed by atoms with Crippen LogP contribution in [0.1, 0.15) is 27.7 Å². The average Bonchev–Trinajstić information content (AvgIpc) is 3.49. The zero-order chi connectivity index (χ0) is 27.4. The maximum atomic E-state index is 15.2. The molecule has 1 aromatic carbocycles. The van der Waals surface area contributed by atoms with Crippen LogP contribution in [-0.2, 0) is 18.0 Å². The highest BCUT2D eigenvalue weighted by molar-refractivity contribution is 7.12. The van der Waals surface area contributed by atoms with Gasteiger partial charge in [0.2, 0.25) is 5.43 Å². The van der Waals surface area contributed by atoms with Gasteiger partial charge in [0.1, 0.15) is 23.5 Å². The normalized spacial score (nSPS) is 14.6. The number of pyridine rings is 2. The molecule has 0 unspecified atom stereocenters. The molecule has 0 radical (unpaired) electrons. The first-order chi connectivity index (χ1) is 18.9. The van der Waals surface area contributed by atoms with Crippen LogP contribution in [0.25, 0.3) is 11.0 Å². The monoisotopic (exact) mass is 549 g/mol. The second-order valence-corrected chi connectivity index (χ2v) is 10.1. The number of piperazine rings is 1. The van der Waals surface area contributed by atoms with Gasteiger partial charge < -0.3 is 19.4 Å². The number of halogens is 1. The van der Waals surface area contributed by atoms with Gasteiger partial charge in [-0.15, -0.1) is 11.3 Å². The molecular weight excluding hydrogens is 521 g/mol. The lowest BCUT2D eigenvalue weighted by Gasteiger charge is -2.35. The number of carboxylic acids is 1. The number of carbonyl (C=O) groups is 1. The largest absolute Gasteiger partial charge is 0.477 e. The summed E-state index contributed by atoms with van der Waals surface area (Å²) in [5.41, 5.74) is 1.01. The quantitative estimate of drug-likeness (QED) is 0.248. The van der Waals surface area contributed by atoms with Crippen molar-refractivity contribution in [1.82, 2.24) is 14.5 Å². The number of carboxylic acid groups (broad SMARTS) is 1. The number of oxime groups is 1. The van der Waals surface area contributed by atoms with Crippen LogP contribution in [0, 0.1) is 5.82 Å². The van der Waals surface area contributed by atoms with Crippen LogP contribution in [0.15, 0.2) is 70.1 Å². The molecule has 39 heavy (non-hydrogen) atoms. The number of nitrogens with zero attached hydrogens (tertiary/aromatic N) is 5. The minimum atomic E-state index is -1.35. The van der Waals surface area contributed by atoms with Gasteiger partial charge in [-0.2, -0.15) is 0 Å². The molecule has 9 nitrogen and oxygen atoms in total. The molecule has 1 N–H and O–H groups in total. The number of fused-ring (bicyclic) bond motifs is 1. The summed E-state index contributed by atoms with van der Waals surface area (Å²) >= 11 is 1.60. The number of hydrogen-bond donors (Lipinski definition) is 1. The van der Waals surface area contributed by atoms with E-state index in [-0.39, 0.29) is 16.9 Å². The van der Waals surface area contributed by atoms with Crippen molar-refractivity contribution in [2.75, 3.05) is 37.6 Å². The van der Waals surface area contributed by atoms with E-state index in [1.54, 1.807) is 15.9 Å². The number of hydrogen-bond acceptors (Lipinski definition) is 8. The van der Waals surface area contributed by atoms with E-state index in [1.165, 1.54) is 6.20 Å². The summed E-state index contributed by atoms with van der Waals surface area (Å²) in [5.74, 6) is -1.83. The van der Waals surface area contributed by atoms with Gasteiger partial charge in [-0.3, -0.25) is 9.69 Å². The van der Waals surface area contributed by atoms with Crippen molar-refractivity contribution in [3.8, 4) is 0 Å². The Hall–Kier alpha value is -4.09. The van der Waals surface area contributed by atoms with Crippen LogP contribution >= 0.6 is 11.3 Å². The number of anilines is 1. The summed E-state index contributed by atoms with van der Waals surface area (Å²) < 4.78 is 16.7. The van der Waals surface area contributed by atoms with Gasteiger partial charge in [0.15, 0.2) is 11.6 Å². The maximum Gasteiger partial charge on any atom is 0.341 e. The molecule has 5 rings (SSSR count). The second kappa shape index (κ2) is 11.7. The molecule has 0 bridgehead atoms. The first-order valence-electron chi connectivity index (χ1n) is 12.7. The molecular formula is C28H28FN5O4S. The van der Waals surface area contributed by atoms with E-state index in [9.17, 15) is 14.7 Å². The lowest BCUT2D eigenvalue weighted by molar-refractivity contribution is 0.0695. The Morgan fingerprint density at radius 3 is 2.59 bits per heavy atom. The molecule has 0 spiro atoms. The fourth-order valence-corrected chi connectivity index (χ4v) is 5.27. The standard InChI is InChI=1S/C28H28FN5O4S/c1-2-33-16-21(28(36)37)25(35)20-15-22(29)27(30-26(20)33)34-12-10-32(11-13-34)17-23(24-9-6-14-39-24)31-38-18-19-7-4-3-5-8-19/h3-9,14-16H,2,10-13,17-18H2,1H3,(H,36,37)/b31-23-. The van der Waals surface area contributed by atoms with E-state index < -0.39 is 22.8 Å². The van der Waals surface area contributed by atoms with Crippen LogP contribution in [-0.4, -0.2) is 64.0 Å². The van der Waals surface area contributed by atoms with Crippen molar-refractivity contribution in [2.24, 2.45) is 5.16 Å².